The summed E-state index contributed by atoms with van der Waals surface area (Å²) in [6, 6.07) is 0. The molecule has 2 N–H and O–H groups in total. The third-order valence-electron chi connectivity index (χ3n) is 3.16. The molecule has 1 saturated heterocycles. The van der Waals surface area contributed by atoms with Crippen molar-refractivity contribution in [3.05, 3.63) is 0 Å². The van der Waals surface area contributed by atoms with Crippen molar-refractivity contribution < 1.29 is 0 Å². The molecule has 1 aliphatic heterocycles. The van der Waals surface area contributed by atoms with Gasteiger partial charge in [-0.25, -0.2) is 0 Å². The Hall–Kier alpha value is -0.730. The van der Waals surface area contributed by atoms with Crippen LogP contribution in [0.5, 0.6) is 0 Å². The van der Waals surface area contributed by atoms with Crippen LogP contribution in [0.25, 0.3) is 0 Å². The van der Waals surface area contributed by atoms with Gasteiger partial charge in [0, 0.05) is 19.6 Å². The van der Waals surface area contributed by atoms with E-state index in [1.165, 1.54) is 19.3 Å². The number of guanidine groups is 1. The van der Waals surface area contributed by atoms with Crippen LogP contribution in [0.4, 0.5) is 0 Å². The first-order valence-corrected chi connectivity index (χ1v) is 5.36. The van der Waals surface area contributed by atoms with Crippen LogP contribution < -0.4 is 5.73 Å². The van der Waals surface area contributed by atoms with Crippen LogP contribution in [0.1, 0.15) is 26.2 Å². The van der Waals surface area contributed by atoms with E-state index >= 15 is 0 Å². The molecule has 0 aromatic heterocycles. The molecule has 0 radical (unpaired) electrons. The minimum absolute atomic E-state index is 0.755. The van der Waals surface area contributed by atoms with Gasteiger partial charge in [-0.05, 0) is 38.0 Å². The molecule has 74 valence electrons. The Labute approximate surface area is 80.0 Å². The monoisotopic (exact) mass is 181 g/mol. The van der Waals surface area contributed by atoms with E-state index in [0.29, 0.717) is 0 Å². The van der Waals surface area contributed by atoms with Crippen molar-refractivity contribution in [3.63, 3.8) is 0 Å². The molecular weight excluding hydrogens is 162 g/mol. The molecule has 1 unspecified atom stereocenters. The highest BCUT2D eigenvalue weighted by atomic mass is 15.3. The first-order chi connectivity index (χ1) is 6.31. The fourth-order valence-electron chi connectivity index (χ4n) is 2.21. The van der Waals surface area contributed by atoms with Crippen LogP contribution in [0.3, 0.4) is 0 Å². The second kappa shape index (κ2) is 3.56. The van der Waals surface area contributed by atoms with Gasteiger partial charge in [-0.2, -0.15) is 0 Å². The second-order valence-corrected chi connectivity index (χ2v) is 4.16. The molecule has 0 aromatic rings. The standard InChI is InChI=1S/C10H19N3/c1-2-12-10(11)13-6-5-9(7-13)8-3-4-8/h8-9H,2-7H2,1H3,(H2,11,12). The summed E-state index contributed by atoms with van der Waals surface area (Å²) >= 11 is 0. The summed E-state index contributed by atoms with van der Waals surface area (Å²) in [5, 5.41) is 0. The molecule has 2 fully saturated rings. The topological polar surface area (TPSA) is 41.6 Å². The molecule has 2 aliphatic rings. The average molecular weight is 181 g/mol. The van der Waals surface area contributed by atoms with Gasteiger partial charge in [0.2, 0.25) is 0 Å². The van der Waals surface area contributed by atoms with Gasteiger partial charge in [-0.1, -0.05) is 0 Å². The number of rotatable bonds is 2. The number of aliphatic imine (C=N–C) groups is 1. The molecular formula is C10H19N3. The second-order valence-electron chi connectivity index (χ2n) is 4.16. The van der Waals surface area contributed by atoms with Crippen LogP contribution in [0.2, 0.25) is 0 Å². The zero-order chi connectivity index (χ0) is 9.26. The van der Waals surface area contributed by atoms with Crippen molar-refractivity contribution in [2.75, 3.05) is 19.6 Å². The summed E-state index contributed by atoms with van der Waals surface area (Å²) in [5.74, 6) is 2.68. The zero-order valence-corrected chi connectivity index (χ0v) is 8.37. The fraction of sp³-hybridized carbons (Fsp3) is 0.900. The van der Waals surface area contributed by atoms with Gasteiger partial charge in [0.1, 0.15) is 0 Å². The molecule has 1 aliphatic carbocycles. The lowest BCUT2D eigenvalue weighted by Crippen LogP contribution is -2.35. The minimum atomic E-state index is 0.755. The molecule has 0 bridgehead atoms. The van der Waals surface area contributed by atoms with Crippen LogP contribution in [0.15, 0.2) is 4.99 Å². The highest BCUT2D eigenvalue weighted by Gasteiger charge is 2.36. The minimum Gasteiger partial charge on any atom is -0.370 e. The lowest BCUT2D eigenvalue weighted by atomic mass is 10.0. The Bertz CT molecular complexity index is 208. The van der Waals surface area contributed by atoms with E-state index in [1.807, 2.05) is 6.92 Å². The lowest BCUT2D eigenvalue weighted by Gasteiger charge is -2.16. The van der Waals surface area contributed by atoms with Crippen molar-refractivity contribution in [1.29, 1.82) is 0 Å². The van der Waals surface area contributed by atoms with E-state index in [1.54, 1.807) is 0 Å². The summed E-state index contributed by atoms with van der Waals surface area (Å²) < 4.78 is 0. The first kappa shape index (κ1) is 8.85. The maximum absolute atomic E-state index is 5.85. The largest absolute Gasteiger partial charge is 0.370 e. The van der Waals surface area contributed by atoms with Gasteiger partial charge in [-0.15, -0.1) is 0 Å². The van der Waals surface area contributed by atoms with E-state index < -0.39 is 0 Å². The Morgan fingerprint density at radius 1 is 1.38 bits per heavy atom. The van der Waals surface area contributed by atoms with Crippen molar-refractivity contribution in [2.24, 2.45) is 22.6 Å². The third-order valence-corrected chi connectivity index (χ3v) is 3.16. The summed E-state index contributed by atoms with van der Waals surface area (Å²) in [6.45, 7) is 5.11. The van der Waals surface area contributed by atoms with Gasteiger partial charge in [0.15, 0.2) is 5.96 Å². The summed E-state index contributed by atoms with van der Waals surface area (Å²) in [7, 11) is 0. The third kappa shape index (κ3) is 1.95. The van der Waals surface area contributed by atoms with Crippen molar-refractivity contribution in [1.82, 2.24) is 4.90 Å². The van der Waals surface area contributed by atoms with E-state index in [2.05, 4.69) is 9.89 Å². The van der Waals surface area contributed by atoms with Gasteiger partial charge in [0.25, 0.3) is 0 Å². The molecule has 0 aromatic carbocycles. The van der Waals surface area contributed by atoms with Crippen molar-refractivity contribution >= 4 is 5.96 Å². The van der Waals surface area contributed by atoms with Gasteiger partial charge in [0.05, 0.1) is 0 Å². The normalized spacial score (nSPS) is 29.8. The molecule has 0 amide bonds. The van der Waals surface area contributed by atoms with Crippen molar-refractivity contribution in [3.8, 4) is 0 Å². The summed E-state index contributed by atoms with van der Waals surface area (Å²) in [4.78, 5) is 6.48. The maximum Gasteiger partial charge on any atom is 0.191 e. The predicted octanol–water partition coefficient (Wildman–Crippen LogP) is 1.05. The number of nitrogens with zero attached hydrogens (tertiary/aromatic N) is 2. The molecule has 1 saturated carbocycles. The quantitative estimate of drug-likeness (QED) is 0.511. The molecule has 3 nitrogen and oxygen atoms in total. The van der Waals surface area contributed by atoms with E-state index in [-0.39, 0.29) is 0 Å². The predicted molar refractivity (Wildman–Crippen MR) is 54.6 cm³/mol. The van der Waals surface area contributed by atoms with E-state index in [4.69, 9.17) is 5.73 Å². The maximum atomic E-state index is 5.85. The van der Waals surface area contributed by atoms with Gasteiger partial charge in [-0.3, -0.25) is 4.99 Å². The molecule has 2 rings (SSSR count). The number of likely N-dealkylation sites (tertiary alicyclic amines) is 1. The van der Waals surface area contributed by atoms with E-state index in [9.17, 15) is 0 Å². The van der Waals surface area contributed by atoms with Crippen molar-refractivity contribution in [2.45, 2.75) is 26.2 Å². The lowest BCUT2D eigenvalue weighted by molar-refractivity contribution is 0.444. The fourth-order valence-corrected chi connectivity index (χ4v) is 2.21. The Balaban J connectivity index is 1.86. The molecule has 0 spiro atoms. The molecule has 1 atom stereocenters. The van der Waals surface area contributed by atoms with Crippen LogP contribution >= 0.6 is 0 Å². The van der Waals surface area contributed by atoms with E-state index in [0.717, 1.165) is 37.4 Å². The summed E-state index contributed by atoms with van der Waals surface area (Å²) in [6.07, 6.45) is 4.22. The number of nitrogens with two attached hydrogens (primary N) is 1. The number of hydrogen-bond donors (Lipinski definition) is 1. The van der Waals surface area contributed by atoms with Gasteiger partial charge >= 0.3 is 0 Å². The van der Waals surface area contributed by atoms with Gasteiger partial charge < -0.3 is 10.6 Å². The van der Waals surface area contributed by atoms with Crippen LogP contribution in [-0.2, 0) is 0 Å². The molecule has 1 heterocycles. The zero-order valence-electron chi connectivity index (χ0n) is 8.37. The average Bonchev–Trinajstić information content (AvgIpc) is 2.84. The number of hydrogen-bond acceptors (Lipinski definition) is 1. The first-order valence-electron chi connectivity index (χ1n) is 5.36. The SMILES string of the molecule is CCN=C(N)N1CCC(C2CC2)C1. The Morgan fingerprint density at radius 2 is 2.15 bits per heavy atom. The molecule has 3 heteroatoms. The van der Waals surface area contributed by atoms with Crippen LogP contribution in [-0.4, -0.2) is 30.5 Å². The van der Waals surface area contributed by atoms with Crippen LogP contribution in [0, 0.1) is 11.8 Å². The summed E-state index contributed by atoms with van der Waals surface area (Å²) in [5.41, 5.74) is 5.85. The highest BCUT2D eigenvalue weighted by Crippen LogP contribution is 2.41. The highest BCUT2D eigenvalue weighted by molar-refractivity contribution is 5.78. The smallest absolute Gasteiger partial charge is 0.191 e. The Kier molecular flexibility index (Phi) is 2.42. The molecule has 13 heavy (non-hydrogen) atoms. The Morgan fingerprint density at radius 3 is 2.77 bits per heavy atom.